The lowest BCUT2D eigenvalue weighted by molar-refractivity contribution is -0.117. The molecule has 2 amide bonds. The van der Waals surface area contributed by atoms with Gasteiger partial charge in [-0.1, -0.05) is 48.2 Å². The Morgan fingerprint density at radius 3 is 2.60 bits per heavy atom. The SMILES string of the molecule is CCCCSc1nnc(SCC(=O)NC(=O)OCC)s1. The molecule has 1 heterocycles. The highest BCUT2D eigenvalue weighted by molar-refractivity contribution is 8.03. The summed E-state index contributed by atoms with van der Waals surface area (Å²) in [6, 6.07) is 0. The lowest BCUT2D eigenvalue weighted by Gasteiger charge is -2.02. The number of ether oxygens (including phenoxy) is 1. The summed E-state index contributed by atoms with van der Waals surface area (Å²) in [7, 11) is 0. The van der Waals surface area contributed by atoms with Crippen molar-refractivity contribution in [2.24, 2.45) is 0 Å². The van der Waals surface area contributed by atoms with Crippen molar-refractivity contribution in [1.82, 2.24) is 15.5 Å². The predicted molar refractivity (Wildman–Crippen MR) is 81.4 cm³/mol. The first kappa shape index (κ1) is 17.3. The van der Waals surface area contributed by atoms with Gasteiger partial charge in [0.25, 0.3) is 0 Å². The first-order valence-corrected chi connectivity index (χ1v) is 9.00. The van der Waals surface area contributed by atoms with E-state index in [4.69, 9.17) is 0 Å². The first-order valence-electron chi connectivity index (χ1n) is 6.21. The minimum absolute atomic E-state index is 0.118. The molecule has 0 saturated heterocycles. The largest absolute Gasteiger partial charge is 0.450 e. The number of nitrogens with zero attached hydrogens (tertiary/aromatic N) is 2. The number of carbonyl (C=O) groups is 2. The summed E-state index contributed by atoms with van der Waals surface area (Å²) in [4.78, 5) is 22.5. The van der Waals surface area contributed by atoms with Crippen LogP contribution in [0.15, 0.2) is 8.68 Å². The number of imide groups is 1. The van der Waals surface area contributed by atoms with Crippen LogP contribution in [0.2, 0.25) is 0 Å². The molecule has 0 saturated carbocycles. The van der Waals surface area contributed by atoms with Gasteiger partial charge in [0, 0.05) is 5.75 Å². The molecule has 0 bridgehead atoms. The lowest BCUT2D eigenvalue weighted by Crippen LogP contribution is -2.32. The molecule has 1 N–H and O–H groups in total. The molecule has 112 valence electrons. The molecule has 20 heavy (non-hydrogen) atoms. The summed E-state index contributed by atoms with van der Waals surface area (Å²) in [5.74, 6) is 0.746. The van der Waals surface area contributed by atoms with Crippen LogP contribution in [0.25, 0.3) is 0 Å². The maximum atomic E-state index is 11.4. The van der Waals surface area contributed by atoms with Crippen molar-refractivity contribution in [3.63, 3.8) is 0 Å². The molecule has 0 spiro atoms. The summed E-state index contributed by atoms with van der Waals surface area (Å²) in [6.07, 6.45) is 1.59. The van der Waals surface area contributed by atoms with E-state index >= 15 is 0 Å². The lowest BCUT2D eigenvalue weighted by atomic mass is 10.4. The second kappa shape index (κ2) is 10.0. The van der Waals surface area contributed by atoms with Gasteiger partial charge < -0.3 is 4.74 Å². The van der Waals surface area contributed by atoms with E-state index in [0.29, 0.717) is 0 Å². The number of thioether (sulfide) groups is 2. The van der Waals surface area contributed by atoms with Gasteiger partial charge in [-0.2, -0.15) is 0 Å². The van der Waals surface area contributed by atoms with Crippen molar-refractivity contribution in [2.45, 2.75) is 35.4 Å². The Morgan fingerprint density at radius 2 is 1.95 bits per heavy atom. The molecule has 0 fully saturated rings. The van der Waals surface area contributed by atoms with Gasteiger partial charge in [-0.25, -0.2) is 4.79 Å². The molecule has 0 aliphatic carbocycles. The molecule has 0 radical (unpaired) electrons. The van der Waals surface area contributed by atoms with Gasteiger partial charge in [0.15, 0.2) is 8.68 Å². The summed E-state index contributed by atoms with van der Waals surface area (Å²) in [6.45, 7) is 4.06. The van der Waals surface area contributed by atoms with Gasteiger partial charge in [0.1, 0.15) is 0 Å². The number of unbranched alkanes of at least 4 members (excludes halogenated alkanes) is 1. The van der Waals surface area contributed by atoms with Crippen molar-refractivity contribution in [3.05, 3.63) is 0 Å². The van der Waals surface area contributed by atoms with E-state index in [-0.39, 0.29) is 12.4 Å². The van der Waals surface area contributed by atoms with E-state index < -0.39 is 12.0 Å². The van der Waals surface area contributed by atoms with Gasteiger partial charge in [-0.05, 0) is 13.3 Å². The average Bonchev–Trinajstić information content (AvgIpc) is 2.85. The first-order chi connectivity index (χ1) is 9.65. The molecule has 0 aliphatic rings. The minimum Gasteiger partial charge on any atom is -0.450 e. The van der Waals surface area contributed by atoms with Crippen molar-refractivity contribution in [3.8, 4) is 0 Å². The number of hydrogen-bond acceptors (Lipinski definition) is 8. The molecule has 1 aromatic rings. The maximum Gasteiger partial charge on any atom is 0.413 e. The maximum absolute atomic E-state index is 11.4. The van der Waals surface area contributed by atoms with Crippen molar-refractivity contribution in [2.75, 3.05) is 18.1 Å². The van der Waals surface area contributed by atoms with Crippen LogP contribution < -0.4 is 5.32 Å². The third-order valence-electron chi connectivity index (χ3n) is 1.95. The zero-order valence-electron chi connectivity index (χ0n) is 11.4. The Balaban J connectivity index is 2.27. The molecule has 1 rings (SSSR count). The van der Waals surface area contributed by atoms with E-state index in [0.717, 1.165) is 27.3 Å². The molecular weight excluding hydrogens is 318 g/mol. The van der Waals surface area contributed by atoms with Crippen LogP contribution in [0.5, 0.6) is 0 Å². The topological polar surface area (TPSA) is 81.2 Å². The number of aromatic nitrogens is 2. The van der Waals surface area contributed by atoms with E-state index in [1.165, 1.54) is 23.1 Å². The zero-order valence-corrected chi connectivity index (χ0v) is 13.8. The highest BCUT2D eigenvalue weighted by atomic mass is 32.2. The minimum atomic E-state index is -0.717. The molecule has 0 aromatic carbocycles. The van der Waals surface area contributed by atoms with E-state index in [1.54, 1.807) is 18.7 Å². The van der Waals surface area contributed by atoms with E-state index in [9.17, 15) is 9.59 Å². The Kier molecular flexibility index (Phi) is 8.63. The Morgan fingerprint density at radius 1 is 1.25 bits per heavy atom. The fourth-order valence-electron chi connectivity index (χ4n) is 1.06. The fourth-order valence-corrected chi connectivity index (χ4v) is 4.04. The monoisotopic (exact) mass is 335 g/mol. The van der Waals surface area contributed by atoms with Crippen molar-refractivity contribution >= 4 is 46.9 Å². The van der Waals surface area contributed by atoms with Crippen LogP contribution in [-0.4, -0.2) is 40.3 Å². The molecule has 1 aromatic heterocycles. The second-order valence-electron chi connectivity index (χ2n) is 3.59. The van der Waals surface area contributed by atoms with E-state index in [2.05, 4.69) is 27.2 Å². The fraction of sp³-hybridized carbons (Fsp3) is 0.636. The normalized spacial score (nSPS) is 10.3. The van der Waals surface area contributed by atoms with Crippen LogP contribution in [0.4, 0.5) is 4.79 Å². The molecule has 0 unspecified atom stereocenters. The zero-order chi connectivity index (χ0) is 14.8. The van der Waals surface area contributed by atoms with Gasteiger partial charge in [-0.15, -0.1) is 10.2 Å². The second-order valence-corrected chi connectivity index (χ2v) is 7.14. The van der Waals surface area contributed by atoms with Gasteiger partial charge in [0.05, 0.1) is 12.4 Å². The average molecular weight is 335 g/mol. The standard InChI is InChI=1S/C11H17N3O3S3/c1-3-5-6-18-10-13-14-11(20-10)19-7-8(15)12-9(16)17-4-2/h3-7H2,1-2H3,(H,12,15,16). The van der Waals surface area contributed by atoms with Crippen LogP contribution >= 0.6 is 34.9 Å². The van der Waals surface area contributed by atoms with Crippen LogP contribution in [0.3, 0.4) is 0 Å². The Hall–Kier alpha value is -0.800. The molecular formula is C11H17N3O3S3. The van der Waals surface area contributed by atoms with Crippen LogP contribution in [0.1, 0.15) is 26.7 Å². The third kappa shape index (κ3) is 7.11. The molecule has 0 aliphatic heterocycles. The van der Waals surface area contributed by atoms with Gasteiger partial charge in [-0.3, -0.25) is 10.1 Å². The van der Waals surface area contributed by atoms with Crippen LogP contribution in [0, 0.1) is 0 Å². The predicted octanol–water partition coefficient (Wildman–Crippen LogP) is 2.80. The molecule has 9 heteroatoms. The summed E-state index contributed by atoms with van der Waals surface area (Å²) in [5, 5.41) is 10.2. The quantitative estimate of drug-likeness (QED) is 0.578. The highest BCUT2D eigenvalue weighted by Gasteiger charge is 2.11. The van der Waals surface area contributed by atoms with Gasteiger partial charge >= 0.3 is 6.09 Å². The third-order valence-corrected chi connectivity index (χ3v) is 5.23. The molecule has 0 atom stereocenters. The summed E-state index contributed by atoms with van der Waals surface area (Å²) >= 11 is 4.40. The van der Waals surface area contributed by atoms with Crippen molar-refractivity contribution in [1.29, 1.82) is 0 Å². The number of amides is 2. The number of alkyl carbamates (subject to hydrolysis) is 1. The molecule has 6 nitrogen and oxygen atoms in total. The Labute approximate surface area is 130 Å². The number of rotatable bonds is 8. The highest BCUT2D eigenvalue weighted by Crippen LogP contribution is 2.29. The smallest absolute Gasteiger partial charge is 0.413 e. The number of hydrogen-bond donors (Lipinski definition) is 1. The van der Waals surface area contributed by atoms with E-state index in [1.807, 2.05) is 0 Å². The van der Waals surface area contributed by atoms with Crippen LogP contribution in [-0.2, 0) is 9.53 Å². The number of nitrogens with one attached hydrogen (secondary N) is 1. The summed E-state index contributed by atoms with van der Waals surface area (Å²) < 4.78 is 6.25. The number of carbonyl (C=O) groups excluding carboxylic acids is 2. The van der Waals surface area contributed by atoms with Gasteiger partial charge in [0.2, 0.25) is 5.91 Å². The summed E-state index contributed by atoms with van der Waals surface area (Å²) in [5.41, 5.74) is 0. The Bertz CT molecular complexity index is 440. The van der Waals surface area contributed by atoms with Crippen molar-refractivity contribution < 1.29 is 14.3 Å².